The van der Waals surface area contributed by atoms with Crippen LogP contribution in [0.25, 0.3) is 0 Å². The lowest BCUT2D eigenvalue weighted by atomic mass is 9.96. The number of rotatable bonds is 26. The summed E-state index contributed by atoms with van der Waals surface area (Å²) in [4.78, 5) is 0. The molecule has 7 aromatic carbocycles. The minimum atomic E-state index is -3.17. The van der Waals surface area contributed by atoms with Gasteiger partial charge in [0, 0.05) is 0 Å². The molecule has 9 rings (SSSR count). The summed E-state index contributed by atoms with van der Waals surface area (Å²) >= 11 is 0. The van der Waals surface area contributed by atoms with Gasteiger partial charge in [0.2, 0.25) is 0 Å². The van der Waals surface area contributed by atoms with Gasteiger partial charge in [-0.05, 0) is 43.2 Å². The summed E-state index contributed by atoms with van der Waals surface area (Å²) < 4.78 is 70.5. The molecule has 0 radical (unpaired) electrons. The predicted octanol–water partition coefficient (Wildman–Crippen LogP) is 10.5. The van der Waals surface area contributed by atoms with E-state index in [2.05, 4.69) is 75.9 Å². The Balaban J connectivity index is 1.15. The Morgan fingerprint density at radius 2 is 0.808 bits per heavy atom. The van der Waals surface area contributed by atoms with Crippen molar-refractivity contribution in [2.24, 2.45) is 0 Å². The van der Waals surface area contributed by atoms with Crippen molar-refractivity contribution in [2.45, 2.75) is 120 Å². The zero-order valence-corrected chi connectivity index (χ0v) is 46.0. The summed E-state index contributed by atoms with van der Waals surface area (Å²) in [6.07, 6.45) is -8.02. The quantitative estimate of drug-likeness (QED) is 0.0413. The van der Waals surface area contributed by atoms with E-state index in [0.29, 0.717) is 0 Å². The normalized spacial score (nSPS) is 23.6. The van der Waals surface area contributed by atoms with Crippen LogP contribution < -0.4 is 10.4 Å². The molecule has 78 heavy (non-hydrogen) atoms. The van der Waals surface area contributed by atoms with Gasteiger partial charge in [0.15, 0.2) is 12.6 Å². The maximum Gasteiger partial charge on any atom is 0.261 e. The molecule has 0 aromatic heterocycles. The average molecular weight is 1070 g/mol. The molecule has 10 atom stereocenters. The molecule has 0 unspecified atom stereocenters. The molecule has 0 aliphatic carbocycles. The maximum atomic E-state index is 12.1. The Morgan fingerprint density at radius 3 is 1.24 bits per heavy atom. The Bertz CT molecular complexity index is 2750. The third-order valence-corrected chi connectivity index (χ3v) is 19.3. The molecule has 2 aliphatic rings. The van der Waals surface area contributed by atoms with E-state index in [-0.39, 0.29) is 57.9 Å². The second-order valence-corrected chi connectivity index (χ2v) is 25.1. The predicted molar refractivity (Wildman–Crippen MR) is 304 cm³/mol. The molecule has 0 saturated carbocycles. The highest BCUT2D eigenvalue weighted by Crippen LogP contribution is 2.40. The largest absolute Gasteiger partial charge is 0.405 e. The summed E-state index contributed by atoms with van der Waals surface area (Å²) in [7, 11) is -3.17. The second-order valence-electron chi connectivity index (χ2n) is 20.8. The fourth-order valence-electron chi connectivity index (χ4n) is 10.5. The SMILES string of the molecule is C=CCO[C@H]1[C@@H](OCc2ccccc2)[C@@H](CO[Si](c2ccccc2)(c2ccccc2)C(C)(C)C)O[C@@H](O[C@H]2[C@H](OCc3ccccc3)[C@@H](OCc3ccccc3)[C@H](O)O[C@@H]2COCc2ccccc2)[C@@H]1OCc1ccccc1. The average Bonchev–Trinajstić information content (AvgIpc) is 3.61. The minimum absolute atomic E-state index is 0.0229. The first kappa shape index (κ1) is 56.8. The topological polar surface area (TPSA) is 113 Å². The van der Waals surface area contributed by atoms with Gasteiger partial charge in [-0.3, -0.25) is 0 Å². The van der Waals surface area contributed by atoms with Crippen molar-refractivity contribution >= 4 is 18.7 Å². The second kappa shape index (κ2) is 28.3. The standard InChI is InChI=1S/C66H74O11Si/c1-5-41-69-60-58(70-43-50-29-15-7-16-30-50)57(48-74-78(66(2,3)4,54-37-23-11-24-38-54)55-39-25-12-26-40-55)76-65(63(60)73-46-53-35-21-10-22-36-53)77-59-56(47-68-42-49-27-13-6-14-28-49)75-64(67)62(72-45-52-33-19-9-20-34-52)61(59)71-44-51-31-17-8-18-32-51/h5-40,56-65,67H,1,41-48H2,2-4H3/t56-,57-,58+,59-,60+,61+,62-,63-,64-,65+/m1/s1. The van der Waals surface area contributed by atoms with Crippen molar-refractivity contribution in [3.8, 4) is 0 Å². The van der Waals surface area contributed by atoms with Crippen molar-refractivity contribution < 1.29 is 52.2 Å². The fraction of sp³-hybridized carbons (Fsp3) is 0.333. The third kappa shape index (κ3) is 14.6. The molecule has 0 amide bonds. The molecular weight excluding hydrogens is 997 g/mol. The van der Waals surface area contributed by atoms with Gasteiger partial charge in [0.1, 0.15) is 48.8 Å². The number of aliphatic hydroxyl groups excluding tert-OH is 1. The molecule has 2 fully saturated rings. The first-order valence-electron chi connectivity index (χ1n) is 27.1. The lowest BCUT2D eigenvalue weighted by Crippen LogP contribution is -2.69. The van der Waals surface area contributed by atoms with Gasteiger partial charge in [-0.1, -0.05) is 239 Å². The Morgan fingerprint density at radius 1 is 0.436 bits per heavy atom. The molecule has 0 spiro atoms. The first-order chi connectivity index (χ1) is 38.2. The van der Waals surface area contributed by atoms with Crippen molar-refractivity contribution in [1.82, 2.24) is 0 Å². The molecular formula is C66H74O11Si. The van der Waals surface area contributed by atoms with Crippen LogP contribution in [-0.2, 0) is 80.1 Å². The van der Waals surface area contributed by atoms with Crippen LogP contribution in [0.3, 0.4) is 0 Å². The van der Waals surface area contributed by atoms with Crippen LogP contribution in [0, 0.1) is 0 Å². The van der Waals surface area contributed by atoms with E-state index in [9.17, 15) is 5.11 Å². The van der Waals surface area contributed by atoms with Crippen LogP contribution in [0.15, 0.2) is 225 Å². The molecule has 2 heterocycles. The first-order valence-corrected chi connectivity index (χ1v) is 29.0. The van der Waals surface area contributed by atoms with Crippen molar-refractivity contribution in [2.75, 3.05) is 19.8 Å². The van der Waals surface area contributed by atoms with Crippen LogP contribution in [0.2, 0.25) is 5.04 Å². The molecule has 0 bridgehead atoms. The number of ether oxygens (including phenoxy) is 9. The lowest BCUT2D eigenvalue weighted by molar-refractivity contribution is -0.372. The summed E-state index contributed by atoms with van der Waals surface area (Å²) in [6.45, 7) is 12.2. The van der Waals surface area contributed by atoms with Crippen LogP contribution in [0.1, 0.15) is 48.6 Å². The highest BCUT2D eigenvalue weighted by molar-refractivity contribution is 6.99. The Hall–Kier alpha value is -5.94. The van der Waals surface area contributed by atoms with Gasteiger partial charge in [0.25, 0.3) is 8.32 Å². The van der Waals surface area contributed by atoms with Gasteiger partial charge in [-0.15, -0.1) is 6.58 Å². The van der Waals surface area contributed by atoms with E-state index >= 15 is 0 Å². The highest BCUT2D eigenvalue weighted by Gasteiger charge is 2.56. The van der Waals surface area contributed by atoms with Gasteiger partial charge in [-0.25, -0.2) is 0 Å². The van der Waals surface area contributed by atoms with E-state index in [1.807, 2.05) is 164 Å². The molecule has 2 aliphatic heterocycles. The van der Waals surface area contributed by atoms with Crippen LogP contribution in [0.4, 0.5) is 0 Å². The maximum absolute atomic E-state index is 12.1. The Kier molecular flexibility index (Phi) is 20.6. The van der Waals surface area contributed by atoms with E-state index < -0.39 is 69.7 Å². The Labute approximate surface area is 461 Å². The lowest BCUT2D eigenvalue weighted by Gasteiger charge is -2.50. The zero-order valence-electron chi connectivity index (χ0n) is 45.0. The van der Waals surface area contributed by atoms with Crippen LogP contribution in [0.5, 0.6) is 0 Å². The smallest absolute Gasteiger partial charge is 0.261 e. The molecule has 12 heteroatoms. The molecule has 408 valence electrons. The van der Waals surface area contributed by atoms with E-state index in [0.717, 1.165) is 38.2 Å². The van der Waals surface area contributed by atoms with Crippen molar-refractivity contribution in [1.29, 1.82) is 0 Å². The van der Waals surface area contributed by atoms with Crippen molar-refractivity contribution in [3.05, 3.63) is 253 Å². The number of benzene rings is 7. The van der Waals surface area contributed by atoms with Crippen LogP contribution >= 0.6 is 0 Å². The number of hydrogen-bond acceptors (Lipinski definition) is 11. The number of hydrogen-bond donors (Lipinski definition) is 1. The third-order valence-electron chi connectivity index (χ3n) is 14.3. The van der Waals surface area contributed by atoms with E-state index in [4.69, 9.17) is 47.1 Å². The highest BCUT2D eigenvalue weighted by atomic mass is 28.4. The van der Waals surface area contributed by atoms with Crippen LogP contribution in [-0.4, -0.2) is 94.7 Å². The molecule has 2 saturated heterocycles. The van der Waals surface area contributed by atoms with Gasteiger partial charge in [0.05, 0.1) is 52.9 Å². The summed E-state index contributed by atoms with van der Waals surface area (Å²) in [5, 5.41) is 14.0. The summed E-state index contributed by atoms with van der Waals surface area (Å²) in [5.41, 5.74) is 4.72. The van der Waals surface area contributed by atoms with Gasteiger partial charge < -0.3 is 52.2 Å². The van der Waals surface area contributed by atoms with Crippen molar-refractivity contribution in [3.63, 3.8) is 0 Å². The molecule has 11 nitrogen and oxygen atoms in total. The van der Waals surface area contributed by atoms with Gasteiger partial charge >= 0.3 is 0 Å². The zero-order chi connectivity index (χ0) is 54.0. The summed E-state index contributed by atoms with van der Waals surface area (Å²) in [5.74, 6) is 0. The fourth-order valence-corrected chi connectivity index (χ4v) is 15.1. The van der Waals surface area contributed by atoms with Gasteiger partial charge in [-0.2, -0.15) is 0 Å². The van der Waals surface area contributed by atoms with E-state index in [1.165, 1.54) is 0 Å². The monoisotopic (exact) mass is 1070 g/mol. The molecule has 7 aromatic rings. The molecule has 1 N–H and O–H groups in total. The van der Waals surface area contributed by atoms with E-state index in [1.54, 1.807) is 6.08 Å². The minimum Gasteiger partial charge on any atom is -0.405 e. The summed E-state index contributed by atoms with van der Waals surface area (Å²) in [6, 6.07) is 70.7. The number of aliphatic hydroxyl groups is 1.